The molecule has 0 amide bonds. The summed E-state index contributed by atoms with van der Waals surface area (Å²) in [5.74, 6) is 1.63. The van der Waals surface area contributed by atoms with Gasteiger partial charge < -0.3 is 24.8 Å². The number of methoxy groups -OCH3 is 3. The Bertz CT molecular complexity index is 1200. The van der Waals surface area contributed by atoms with Gasteiger partial charge in [0.15, 0.2) is 5.11 Å². The third-order valence-corrected chi connectivity index (χ3v) is 5.98. The molecule has 10 heteroatoms. The highest BCUT2D eigenvalue weighted by atomic mass is 32.2. The number of sulfonamides is 1. The molecule has 0 atom stereocenters. The number of benzene rings is 3. The zero-order valence-electron chi connectivity index (χ0n) is 17.7. The van der Waals surface area contributed by atoms with Gasteiger partial charge in [0.1, 0.15) is 17.2 Å². The molecule has 32 heavy (non-hydrogen) atoms. The van der Waals surface area contributed by atoms with Gasteiger partial charge in [-0.15, -0.1) is 0 Å². The normalized spacial score (nSPS) is 10.7. The molecule has 0 aliphatic carbocycles. The highest BCUT2D eigenvalue weighted by Crippen LogP contribution is 2.29. The van der Waals surface area contributed by atoms with Crippen LogP contribution in [-0.4, -0.2) is 34.9 Å². The van der Waals surface area contributed by atoms with E-state index in [0.717, 1.165) is 5.69 Å². The van der Waals surface area contributed by atoms with E-state index in [0.29, 0.717) is 33.7 Å². The third-order valence-electron chi connectivity index (χ3n) is 4.40. The second kappa shape index (κ2) is 10.2. The van der Waals surface area contributed by atoms with Crippen molar-refractivity contribution in [2.24, 2.45) is 0 Å². The molecule has 0 fully saturated rings. The molecule has 3 N–H and O–H groups in total. The second-order valence-electron chi connectivity index (χ2n) is 6.51. The van der Waals surface area contributed by atoms with Crippen LogP contribution in [0.2, 0.25) is 0 Å². The summed E-state index contributed by atoms with van der Waals surface area (Å²) in [4.78, 5) is 0.0439. The predicted octanol–water partition coefficient (Wildman–Crippen LogP) is 4.32. The van der Waals surface area contributed by atoms with Crippen molar-refractivity contribution in [2.45, 2.75) is 4.90 Å². The van der Waals surface area contributed by atoms with Gasteiger partial charge in [-0.2, -0.15) is 0 Å². The number of ether oxygens (including phenoxy) is 3. The van der Waals surface area contributed by atoms with E-state index in [1.165, 1.54) is 19.2 Å². The topological polar surface area (TPSA) is 97.9 Å². The van der Waals surface area contributed by atoms with Gasteiger partial charge in [-0.25, -0.2) is 8.42 Å². The van der Waals surface area contributed by atoms with Crippen LogP contribution in [-0.2, 0) is 10.0 Å². The number of hydrogen-bond acceptors (Lipinski definition) is 6. The SMILES string of the molecule is COc1ccc(NS(=O)(=O)c2ccc(NC(=S)Nc3cccc(OC)c3)c(OC)c2)cc1. The van der Waals surface area contributed by atoms with E-state index in [-0.39, 0.29) is 4.90 Å². The van der Waals surface area contributed by atoms with Gasteiger partial charge in [-0.05, 0) is 60.7 Å². The molecule has 8 nitrogen and oxygen atoms in total. The van der Waals surface area contributed by atoms with E-state index in [9.17, 15) is 8.42 Å². The molecule has 0 aromatic heterocycles. The fourth-order valence-corrected chi connectivity index (χ4v) is 4.10. The molecule has 0 radical (unpaired) electrons. The van der Waals surface area contributed by atoms with Crippen LogP contribution in [0.3, 0.4) is 0 Å². The zero-order valence-corrected chi connectivity index (χ0v) is 19.3. The van der Waals surface area contributed by atoms with Crippen LogP contribution in [0.1, 0.15) is 0 Å². The number of rotatable bonds is 8. The maximum Gasteiger partial charge on any atom is 0.262 e. The Morgan fingerprint density at radius 1 is 0.781 bits per heavy atom. The van der Waals surface area contributed by atoms with Crippen LogP contribution in [0.25, 0.3) is 0 Å². The first-order valence-corrected chi connectivity index (χ1v) is 11.3. The maximum absolute atomic E-state index is 12.8. The van der Waals surface area contributed by atoms with E-state index in [1.807, 2.05) is 18.2 Å². The van der Waals surface area contributed by atoms with Crippen molar-refractivity contribution >= 4 is 44.4 Å². The Kier molecular flexibility index (Phi) is 7.39. The van der Waals surface area contributed by atoms with E-state index in [2.05, 4.69) is 15.4 Å². The number of nitrogens with one attached hydrogen (secondary N) is 3. The quantitative estimate of drug-likeness (QED) is 0.416. The van der Waals surface area contributed by atoms with Crippen LogP contribution in [0.5, 0.6) is 17.2 Å². The average molecular weight is 474 g/mol. The van der Waals surface area contributed by atoms with E-state index < -0.39 is 10.0 Å². The molecule has 168 valence electrons. The maximum atomic E-state index is 12.8. The lowest BCUT2D eigenvalue weighted by molar-refractivity contribution is 0.415. The van der Waals surface area contributed by atoms with Crippen molar-refractivity contribution in [1.82, 2.24) is 0 Å². The van der Waals surface area contributed by atoms with Crippen LogP contribution in [0.4, 0.5) is 17.1 Å². The van der Waals surface area contributed by atoms with E-state index >= 15 is 0 Å². The summed E-state index contributed by atoms with van der Waals surface area (Å²) in [6, 6.07) is 18.3. The lowest BCUT2D eigenvalue weighted by Crippen LogP contribution is -2.20. The first-order valence-electron chi connectivity index (χ1n) is 9.41. The Labute approximate surface area is 192 Å². The highest BCUT2D eigenvalue weighted by molar-refractivity contribution is 7.92. The Hall–Kier alpha value is -3.50. The summed E-state index contributed by atoms with van der Waals surface area (Å²) >= 11 is 5.36. The van der Waals surface area contributed by atoms with Gasteiger partial charge >= 0.3 is 0 Å². The molecule has 0 spiro atoms. The van der Waals surface area contributed by atoms with E-state index in [4.69, 9.17) is 26.4 Å². The Morgan fingerprint density at radius 3 is 2.16 bits per heavy atom. The molecule has 0 aliphatic rings. The standard InChI is InChI=1S/C22H23N3O5S2/c1-28-17-9-7-15(8-10-17)25-32(26,27)19-11-12-20(21(14-19)30-3)24-22(31)23-16-5-4-6-18(13-16)29-2/h4-14,25H,1-3H3,(H2,23,24,31). The Balaban J connectivity index is 1.74. The lowest BCUT2D eigenvalue weighted by atomic mass is 10.3. The third kappa shape index (κ3) is 5.80. The van der Waals surface area contributed by atoms with Crippen LogP contribution < -0.4 is 29.6 Å². The van der Waals surface area contributed by atoms with Crippen molar-refractivity contribution in [1.29, 1.82) is 0 Å². The van der Waals surface area contributed by atoms with Crippen molar-refractivity contribution in [2.75, 3.05) is 36.7 Å². The van der Waals surface area contributed by atoms with Gasteiger partial charge in [0.2, 0.25) is 0 Å². The number of hydrogen-bond donors (Lipinski definition) is 3. The summed E-state index contributed by atoms with van der Waals surface area (Å²) in [5, 5.41) is 6.37. The lowest BCUT2D eigenvalue weighted by Gasteiger charge is -2.15. The first-order chi connectivity index (χ1) is 15.3. The minimum Gasteiger partial charge on any atom is -0.497 e. The predicted molar refractivity (Wildman–Crippen MR) is 130 cm³/mol. The van der Waals surface area contributed by atoms with Crippen molar-refractivity contribution in [3.05, 3.63) is 66.7 Å². The summed E-state index contributed by atoms with van der Waals surface area (Å²) in [6.07, 6.45) is 0. The fraction of sp³-hybridized carbons (Fsp3) is 0.136. The summed E-state index contributed by atoms with van der Waals surface area (Å²) in [6.45, 7) is 0. The van der Waals surface area contributed by atoms with Crippen LogP contribution in [0.15, 0.2) is 71.6 Å². The molecule has 0 saturated heterocycles. The van der Waals surface area contributed by atoms with Gasteiger partial charge in [0.05, 0.1) is 31.9 Å². The van der Waals surface area contributed by atoms with Gasteiger partial charge in [0, 0.05) is 23.5 Å². The second-order valence-corrected chi connectivity index (χ2v) is 8.60. The minimum atomic E-state index is -3.83. The van der Waals surface area contributed by atoms with Crippen molar-refractivity contribution in [3.63, 3.8) is 0 Å². The number of thiocarbonyl (C=S) groups is 1. The molecule has 0 unspecified atom stereocenters. The molecule has 3 rings (SSSR count). The average Bonchev–Trinajstić information content (AvgIpc) is 2.79. The van der Waals surface area contributed by atoms with Gasteiger partial charge in [0.25, 0.3) is 10.0 Å². The molecule has 3 aromatic carbocycles. The minimum absolute atomic E-state index is 0.0439. The van der Waals surface area contributed by atoms with E-state index in [1.54, 1.807) is 50.6 Å². The molecule has 0 aliphatic heterocycles. The van der Waals surface area contributed by atoms with Crippen molar-refractivity contribution in [3.8, 4) is 17.2 Å². The van der Waals surface area contributed by atoms with Crippen LogP contribution >= 0.6 is 12.2 Å². The Morgan fingerprint density at radius 2 is 1.50 bits per heavy atom. The molecular weight excluding hydrogens is 450 g/mol. The number of anilines is 3. The molecular formula is C22H23N3O5S2. The van der Waals surface area contributed by atoms with Crippen LogP contribution in [0, 0.1) is 0 Å². The highest BCUT2D eigenvalue weighted by Gasteiger charge is 2.17. The van der Waals surface area contributed by atoms with Crippen molar-refractivity contribution < 1.29 is 22.6 Å². The summed E-state index contributed by atoms with van der Waals surface area (Å²) < 4.78 is 43.8. The monoisotopic (exact) mass is 473 g/mol. The first kappa shape index (κ1) is 23.2. The zero-order chi connectivity index (χ0) is 23.1. The smallest absolute Gasteiger partial charge is 0.262 e. The van der Waals surface area contributed by atoms with Gasteiger partial charge in [-0.3, -0.25) is 4.72 Å². The molecule has 3 aromatic rings. The summed E-state index contributed by atoms with van der Waals surface area (Å²) in [7, 11) is 0.746. The summed E-state index contributed by atoms with van der Waals surface area (Å²) in [5.41, 5.74) is 1.66. The molecule has 0 saturated carbocycles. The molecule has 0 bridgehead atoms. The molecule has 0 heterocycles. The fourth-order valence-electron chi connectivity index (χ4n) is 2.80. The largest absolute Gasteiger partial charge is 0.497 e. The van der Waals surface area contributed by atoms with Gasteiger partial charge in [-0.1, -0.05) is 6.07 Å².